The van der Waals surface area contributed by atoms with Gasteiger partial charge >= 0.3 is 11.9 Å². The summed E-state index contributed by atoms with van der Waals surface area (Å²) in [6.45, 7) is 11.4. The van der Waals surface area contributed by atoms with Gasteiger partial charge in [-0.05, 0) is 40.5 Å². The molecule has 8 heteroatoms. The van der Waals surface area contributed by atoms with Crippen molar-refractivity contribution >= 4 is 11.9 Å². The molecule has 2 heterocycles. The van der Waals surface area contributed by atoms with Crippen LogP contribution in [-0.2, 0) is 38.0 Å². The number of rotatable bonds is 9. The van der Waals surface area contributed by atoms with Crippen molar-refractivity contribution in [1.82, 2.24) is 0 Å². The number of carbonyl (C=O) groups is 2. The Hall–Kier alpha value is -1.22. The minimum Gasteiger partial charge on any atom is -0.464 e. The van der Waals surface area contributed by atoms with Gasteiger partial charge in [0.2, 0.25) is 0 Å². The summed E-state index contributed by atoms with van der Waals surface area (Å²) in [6.07, 6.45) is -0.399. The molecule has 2 aliphatic rings. The first kappa shape index (κ1) is 23.1. The quantitative estimate of drug-likeness (QED) is 0.430. The summed E-state index contributed by atoms with van der Waals surface area (Å²) in [7, 11) is 0. The minimum absolute atomic E-state index is 0.304. The van der Waals surface area contributed by atoms with Crippen LogP contribution in [0.5, 0.6) is 0 Å². The molecule has 0 radical (unpaired) electrons. The van der Waals surface area contributed by atoms with Crippen molar-refractivity contribution in [1.29, 1.82) is 0 Å². The molecule has 2 rings (SSSR count). The van der Waals surface area contributed by atoms with Crippen LogP contribution >= 0.6 is 0 Å². The van der Waals surface area contributed by atoms with E-state index in [9.17, 15) is 9.59 Å². The van der Waals surface area contributed by atoms with E-state index < -0.39 is 47.9 Å². The average molecular weight is 402 g/mol. The molecule has 0 aromatic carbocycles. The molecule has 0 aliphatic carbocycles. The van der Waals surface area contributed by atoms with Crippen LogP contribution in [0.3, 0.4) is 0 Å². The lowest BCUT2D eigenvalue weighted by molar-refractivity contribution is -0.177. The van der Waals surface area contributed by atoms with Crippen LogP contribution in [0.15, 0.2) is 0 Å². The Balaban J connectivity index is 2.16. The Bertz CT molecular complexity index is 496. The van der Waals surface area contributed by atoms with Gasteiger partial charge in [0.15, 0.2) is 23.8 Å². The van der Waals surface area contributed by atoms with Crippen molar-refractivity contribution in [2.75, 3.05) is 13.2 Å². The maximum Gasteiger partial charge on any atom is 0.338 e. The first-order valence-corrected chi connectivity index (χ1v) is 10.1. The number of carbonyl (C=O) groups excluding carboxylic acids is 2. The van der Waals surface area contributed by atoms with Crippen molar-refractivity contribution in [2.24, 2.45) is 0 Å². The van der Waals surface area contributed by atoms with Gasteiger partial charge in [0.25, 0.3) is 0 Å². The second-order valence-electron chi connectivity index (χ2n) is 8.08. The highest BCUT2D eigenvalue weighted by atomic mass is 16.8. The van der Waals surface area contributed by atoms with Gasteiger partial charge in [-0.15, -0.1) is 0 Å². The van der Waals surface area contributed by atoms with E-state index in [-0.39, 0.29) is 0 Å². The van der Waals surface area contributed by atoms with Gasteiger partial charge in [-0.3, -0.25) is 0 Å². The first-order chi connectivity index (χ1) is 13.1. The first-order valence-electron chi connectivity index (χ1n) is 10.1. The SMILES string of the molecule is CCCCOC(=O)[C@H]1OC(C)(C)O[C@@H]1[C@@H]1OC(C)(C)O[C@H]1C(=O)OCCCC. The minimum atomic E-state index is -1.02. The van der Waals surface area contributed by atoms with Crippen LogP contribution in [-0.4, -0.2) is 61.1 Å². The van der Waals surface area contributed by atoms with Crippen LogP contribution in [0.2, 0.25) is 0 Å². The molecule has 0 aromatic rings. The van der Waals surface area contributed by atoms with Gasteiger partial charge in [-0.25, -0.2) is 9.59 Å². The fraction of sp³-hybridized carbons (Fsp3) is 0.900. The lowest BCUT2D eigenvalue weighted by atomic mass is 10.0. The molecule has 28 heavy (non-hydrogen) atoms. The highest BCUT2D eigenvalue weighted by molar-refractivity contribution is 5.78. The number of hydrogen-bond donors (Lipinski definition) is 0. The Labute approximate surface area is 167 Å². The summed E-state index contributed by atoms with van der Waals surface area (Å²) in [5, 5.41) is 0. The third-order valence-electron chi connectivity index (χ3n) is 4.53. The van der Waals surface area contributed by atoms with E-state index in [4.69, 9.17) is 28.4 Å². The monoisotopic (exact) mass is 402 g/mol. The lowest BCUT2D eigenvalue weighted by Gasteiger charge is -2.24. The summed E-state index contributed by atoms with van der Waals surface area (Å²) >= 11 is 0. The van der Waals surface area contributed by atoms with Crippen molar-refractivity contribution < 1.29 is 38.0 Å². The van der Waals surface area contributed by atoms with E-state index in [1.165, 1.54) is 0 Å². The van der Waals surface area contributed by atoms with Gasteiger partial charge in [-0.2, -0.15) is 0 Å². The second kappa shape index (κ2) is 9.52. The molecule has 0 unspecified atom stereocenters. The second-order valence-corrected chi connectivity index (χ2v) is 8.08. The van der Waals surface area contributed by atoms with Gasteiger partial charge < -0.3 is 28.4 Å². The molecule has 8 nitrogen and oxygen atoms in total. The molecule has 0 saturated carbocycles. The standard InChI is InChI=1S/C20H34O8/c1-7-9-11-23-17(21)15-13(25-19(3,4)27-15)14-16(28-20(5,6)26-14)18(22)24-12-10-8-2/h13-16H,7-12H2,1-6H3/t13-,14+,15+,16-. The summed E-state index contributed by atoms with van der Waals surface area (Å²) < 4.78 is 34.1. The normalized spacial score (nSPS) is 30.9. The predicted molar refractivity (Wildman–Crippen MR) is 99.4 cm³/mol. The van der Waals surface area contributed by atoms with Crippen molar-refractivity contribution in [3.05, 3.63) is 0 Å². The molecule has 162 valence electrons. The summed E-state index contributed by atoms with van der Waals surface area (Å²) in [6, 6.07) is 0. The molecule has 0 N–H and O–H groups in total. The van der Waals surface area contributed by atoms with Crippen LogP contribution in [0, 0.1) is 0 Å². The molecule has 0 amide bonds. The number of unbranched alkanes of at least 4 members (excludes halogenated alkanes) is 2. The van der Waals surface area contributed by atoms with E-state index in [1.807, 2.05) is 13.8 Å². The Morgan fingerprint density at radius 1 is 0.714 bits per heavy atom. The largest absolute Gasteiger partial charge is 0.464 e. The van der Waals surface area contributed by atoms with E-state index in [1.54, 1.807) is 27.7 Å². The van der Waals surface area contributed by atoms with Crippen LogP contribution < -0.4 is 0 Å². The molecule has 2 saturated heterocycles. The zero-order chi connectivity index (χ0) is 20.9. The molecule has 0 aromatic heterocycles. The summed E-state index contributed by atoms with van der Waals surface area (Å²) in [5.74, 6) is -3.11. The van der Waals surface area contributed by atoms with Crippen molar-refractivity contribution in [3.63, 3.8) is 0 Å². The zero-order valence-electron chi connectivity index (χ0n) is 17.8. The molecule has 2 aliphatic heterocycles. The number of ether oxygens (including phenoxy) is 6. The Kier molecular flexibility index (Phi) is 7.84. The molecule has 0 bridgehead atoms. The van der Waals surface area contributed by atoms with Gasteiger partial charge in [0.1, 0.15) is 12.2 Å². The van der Waals surface area contributed by atoms with Crippen LogP contribution in [0.4, 0.5) is 0 Å². The maximum absolute atomic E-state index is 12.6. The van der Waals surface area contributed by atoms with E-state index in [0.717, 1.165) is 25.7 Å². The maximum atomic E-state index is 12.6. The number of hydrogen-bond acceptors (Lipinski definition) is 8. The smallest absolute Gasteiger partial charge is 0.338 e. The van der Waals surface area contributed by atoms with E-state index >= 15 is 0 Å². The Morgan fingerprint density at radius 2 is 1.07 bits per heavy atom. The third kappa shape index (κ3) is 5.89. The molecule has 2 fully saturated rings. The summed E-state index contributed by atoms with van der Waals surface area (Å²) in [5.41, 5.74) is 0. The third-order valence-corrected chi connectivity index (χ3v) is 4.53. The highest BCUT2D eigenvalue weighted by Gasteiger charge is 2.58. The van der Waals surface area contributed by atoms with E-state index in [0.29, 0.717) is 13.2 Å². The zero-order valence-corrected chi connectivity index (χ0v) is 17.8. The molecule has 0 spiro atoms. The van der Waals surface area contributed by atoms with Crippen molar-refractivity contribution in [3.8, 4) is 0 Å². The van der Waals surface area contributed by atoms with Crippen LogP contribution in [0.1, 0.15) is 67.2 Å². The number of esters is 2. The fourth-order valence-corrected chi connectivity index (χ4v) is 3.22. The van der Waals surface area contributed by atoms with Crippen molar-refractivity contribution in [2.45, 2.75) is 103 Å². The lowest BCUT2D eigenvalue weighted by Crippen LogP contribution is -2.48. The topological polar surface area (TPSA) is 89.5 Å². The van der Waals surface area contributed by atoms with Gasteiger partial charge in [0, 0.05) is 0 Å². The fourth-order valence-electron chi connectivity index (χ4n) is 3.22. The summed E-state index contributed by atoms with van der Waals surface area (Å²) in [4.78, 5) is 25.2. The van der Waals surface area contributed by atoms with Gasteiger partial charge in [-0.1, -0.05) is 26.7 Å². The average Bonchev–Trinajstić information content (AvgIpc) is 3.10. The van der Waals surface area contributed by atoms with Gasteiger partial charge in [0.05, 0.1) is 13.2 Å². The highest BCUT2D eigenvalue weighted by Crippen LogP contribution is 2.39. The van der Waals surface area contributed by atoms with Crippen LogP contribution in [0.25, 0.3) is 0 Å². The molecular formula is C20H34O8. The molecule has 4 atom stereocenters. The van der Waals surface area contributed by atoms with E-state index in [2.05, 4.69) is 0 Å². The Morgan fingerprint density at radius 3 is 1.39 bits per heavy atom. The predicted octanol–water partition coefficient (Wildman–Crippen LogP) is 2.71. The molecular weight excluding hydrogens is 368 g/mol.